The summed E-state index contributed by atoms with van der Waals surface area (Å²) in [5.74, 6) is -0.245. The second-order valence-electron chi connectivity index (χ2n) is 2.84. The maximum atomic E-state index is 11.0. The van der Waals surface area contributed by atoms with Crippen LogP contribution < -0.4 is 0 Å². The summed E-state index contributed by atoms with van der Waals surface area (Å²) in [6.45, 7) is 3.94. The SMILES string of the molecule is CCCCC1C(=O)ON=C1C. The molecule has 3 heteroatoms. The molecule has 0 radical (unpaired) electrons. The second kappa shape index (κ2) is 3.51. The molecule has 62 valence electrons. The number of oxime groups is 1. The van der Waals surface area contributed by atoms with Crippen molar-refractivity contribution in [3.63, 3.8) is 0 Å². The van der Waals surface area contributed by atoms with Gasteiger partial charge in [-0.1, -0.05) is 24.9 Å². The number of unbranched alkanes of at least 4 members (excludes halogenated alkanes) is 1. The molecule has 1 rings (SSSR count). The van der Waals surface area contributed by atoms with Crippen LogP contribution in [0.3, 0.4) is 0 Å². The van der Waals surface area contributed by atoms with Gasteiger partial charge in [0.1, 0.15) is 5.92 Å². The summed E-state index contributed by atoms with van der Waals surface area (Å²) in [5.41, 5.74) is 0.823. The van der Waals surface area contributed by atoms with E-state index in [1.54, 1.807) is 0 Å². The molecule has 0 aromatic carbocycles. The molecule has 0 spiro atoms. The van der Waals surface area contributed by atoms with Gasteiger partial charge >= 0.3 is 5.97 Å². The van der Waals surface area contributed by atoms with E-state index in [4.69, 9.17) is 0 Å². The van der Waals surface area contributed by atoms with Crippen LogP contribution in [0.4, 0.5) is 0 Å². The Morgan fingerprint density at radius 2 is 2.36 bits per heavy atom. The fourth-order valence-electron chi connectivity index (χ4n) is 1.15. The summed E-state index contributed by atoms with van der Waals surface area (Å²) in [6.07, 6.45) is 3.05. The van der Waals surface area contributed by atoms with Gasteiger partial charge in [-0.05, 0) is 13.3 Å². The Labute approximate surface area is 66.4 Å². The molecule has 0 fully saturated rings. The Morgan fingerprint density at radius 3 is 2.82 bits per heavy atom. The molecular formula is C8H13NO2. The smallest absolute Gasteiger partial charge is 0.318 e. The van der Waals surface area contributed by atoms with Crippen molar-refractivity contribution < 1.29 is 9.63 Å². The Balaban J connectivity index is 2.43. The zero-order valence-electron chi connectivity index (χ0n) is 6.96. The highest BCUT2D eigenvalue weighted by atomic mass is 16.7. The van der Waals surface area contributed by atoms with Crippen LogP contribution in [0.1, 0.15) is 33.1 Å². The van der Waals surface area contributed by atoms with Crippen molar-refractivity contribution in [3.8, 4) is 0 Å². The third-order valence-corrected chi connectivity index (χ3v) is 1.91. The van der Waals surface area contributed by atoms with E-state index in [0.29, 0.717) is 0 Å². The summed E-state index contributed by atoms with van der Waals surface area (Å²) in [4.78, 5) is 15.5. The van der Waals surface area contributed by atoms with Gasteiger partial charge in [0.25, 0.3) is 0 Å². The third-order valence-electron chi connectivity index (χ3n) is 1.91. The van der Waals surface area contributed by atoms with Gasteiger partial charge in [0, 0.05) is 0 Å². The fourth-order valence-corrected chi connectivity index (χ4v) is 1.15. The first-order chi connectivity index (χ1) is 5.25. The molecule has 0 saturated carbocycles. The Bertz CT molecular complexity index is 187. The zero-order valence-corrected chi connectivity index (χ0v) is 6.96. The molecular weight excluding hydrogens is 142 g/mol. The van der Waals surface area contributed by atoms with E-state index in [9.17, 15) is 4.79 Å². The molecule has 1 heterocycles. The van der Waals surface area contributed by atoms with Crippen molar-refractivity contribution in [2.45, 2.75) is 33.1 Å². The van der Waals surface area contributed by atoms with E-state index in [1.165, 1.54) is 0 Å². The number of carbonyl (C=O) groups excluding carboxylic acids is 1. The van der Waals surface area contributed by atoms with Gasteiger partial charge in [-0.25, -0.2) is 4.79 Å². The van der Waals surface area contributed by atoms with Crippen molar-refractivity contribution in [1.29, 1.82) is 0 Å². The molecule has 0 N–H and O–H groups in total. The van der Waals surface area contributed by atoms with E-state index in [0.717, 1.165) is 25.0 Å². The minimum atomic E-state index is -0.184. The average molecular weight is 155 g/mol. The van der Waals surface area contributed by atoms with Gasteiger partial charge in [0.05, 0.1) is 5.71 Å². The quantitative estimate of drug-likeness (QED) is 0.582. The Hall–Kier alpha value is -0.860. The topological polar surface area (TPSA) is 38.7 Å². The van der Waals surface area contributed by atoms with Gasteiger partial charge in [0.15, 0.2) is 0 Å². The van der Waals surface area contributed by atoms with Crippen molar-refractivity contribution in [2.75, 3.05) is 0 Å². The standard InChI is InChI=1S/C8H13NO2/c1-3-4-5-7-6(2)9-11-8(7)10/h7H,3-5H2,1-2H3. The molecule has 11 heavy (non-hydrogen) atoms. The normalized spacial score (nSPS) is 23.3. The van der Waals surface area contributed by atoms with Crippen LogP contribution in [0.25, 0.3) is 0 Å². The van der Waals surface area contributed by atoms with Crippen LogP contribution in [0.15, 0.2) is 5.16 Å². The lowest BCUT2D eigenvalue weighted by molar-refractivity contribution is -0.143. The highest BCUT2D eigenvalue weighted by Crippen LogP contribution is 2.17. The molecule has 0 aliphatic carbocycles. The van der Waals surface area contributed by atoms with Gasteiger partial charge in [-0.3, -0.25) is 0 Å². The Morgan fingerprint density at radius 1 is 1.64 bits per heavy atom. The van der Waals surface area contributed by atoms with E-state index in [2.05, 4.69) is 16.9 Å². The molecule has 0 aromatic rings. The monoisotopic (exact) mass is 155 g/mol. The first-order valence-electron chi connectivity index (χ1n) is 4.01. The van der Waals surface area contributed by atoms with E-state index in [-0.39, 0.29) is 11.9 Å². The average Bonchev–Trinajstić information content (AvgIpc) is 2.29. The van der Waals surface area contributed by atoms with Crippen molar-refractivity contribution in [1.82, 2.24) is 0 Å². The number of hydrogen-bond acceptors (Lipinski definition) is 3. The van der Waals surface area contributed by atoms with Gasteiger partial charge in [-0.2, -0.15) is 0 Å². The maximum absolute atomic E-state index is 11.0. The molecule has 0 bridgehead atoms. The second-order valence-corrected chi connectivity index (χ2v) is 2.84. The van der Waals surface area contributed by atoms with Crippen LogP contribution >= 0.6 is 0 Å². The molecule has 0 saturated heterocycles. The minimum absolute atomic E-state index is 0.0602. The van der Waals surface area contributed by atoms with Gasteiger partial charge in [0.2, 0.25) is 0 Å². The van der Waals surface area contributed by atoms with Crippen molar-refractivity contribution >= 4 is 11.7 Å². The minimum Gasteiger partial charge on any atom is -0.318 e. The van der Waals surface area contributed by atoms with Crippen molar-refractivity contribution in [2.24, 2.45) is 11.1 Å². The fraction of sp³-hybridized carbons (Fsp3) is 0.750. The van der Waals surface area contributed by atoms with Crippen LogP contribution in [0.2, 0.25) is 0 Å². The summed E-state index contributed by atoms with van der Waals surface area (Å²) in [6, 6.07) is 0. The molecule has 0 amide bonds. The lowest BCUT2D eigenvalue weighted by atomic mass is 9.99. The number of hydrogen-bond donors (Lipinski definition) is 0. The predicted molar refractivity (Wildman–Crippen MR) is 42.2 cm³/mol. The third kappa shape index (κ3) is 1.79. The molecule has 1 atom stereocenters. The largest absolute Gasteiger partial charge is 0.343 e. The van der Waals surface area contributed by atoms with Crippen molar-refractivity contribution in [3.05, 3.63) is 0 Å². The Kier molecular flexibility index (Phi) is 2.63. The summed E-state index contributed by atoms with van der Waals surface area (Å²) in [5, 5.41) is 3.62. The summed E-state index contributed by atoms with van der Waals surface area (Å²) in [7, 11) is 0. The highest BCUT2D eigenvalue weighted by Gasteiger charge is 2.28. The van der Waals surface area contributed by atoms with E-state index in [1.807, 2.05) is 6.92 Å². The lowest BCUT2D eigenvalue weighted by Gasteiger charge is -2.02. The predicted octanol–water partition coefficient (Wildman–Crippen LogP) is 1.73. The lowest BCUT2D eigenvalue weighted by Crippen LogP contribution is -2.15. The van der Waals surface area contributed by atoms with E-state index < -0.39 is 0 Å². The molecule has 0 aromatic heterocycles. The number of rotatable bonds is 3. The van der Waals surface area contributed by atoms with E-state index >= 15 is 0 Å². The van der Waals surface area contributed by atoms with Crippen LogP contribution in [-0.4, -0.2) is 11.7 Å². The molecule has 1 aliphatic heterocycles. The number of carbonyl (C=O) groups is 1. The van der Waals surface area contributed by atoms with Crippen LogP contribution in [-0.2, 0) is 9.63 Å². The molecule has 3 nitrogen and oxygen atoms in total. The van der Waals surface area contributed by atoms with Crippen LogP contribution in [0.5, 0.6) is 0 Å². The first kappa shape index (κ1) is 8.24. The summed E-state index contributed by atoms with van der Waals surface area (Å²) < 4.78 is 0. The zero-order chi connectivity index (χ0) is 8.27. The molecule has 1 unspecified atom stereocenters. The number of nitrogens with zero attached hydrogens (tertiary/aromatic N) is 1. The maximum Gasteiger partial charge on any atom is 0.343 e. The van der Waals surface area contributed by atoms with Crippen LogP contribution in [0, 0.1) is 5.92 Å². The molecule has 1 aliphatic rings. The summed E-state index contributed by atoms with van der Waals surface area (Å²) >= 11 is 0. The van der Waals surface area contributed by atoms with Gasteiger partial charge < -0.3 is 4.84 Å². The first-order valence-corrected chi connectivity index (χ1v) is 4.01. The highest BCUT2D eigenvalue weighted by molar-refractivity contribution is 6.03. The van der Waals surface area contributed by atoms with Gasteiger partial charge in [-0.15, -0.1) is 0 Å².